The molecule has 1 aliphatic rings. The Labute approximate surface area is 176 Å². The van der Waals surface area contributed by atoms with E-state index < -0.39 is 5.41 Å². The Bertz CT molecular complexity index is 1000. The largest absolute Gasteiger partial charge is 0.492 e. The van der Waals surface area contributed by atoms with Crippen LogP contribution < -0.4 is 10.5 Å². The topological polar surface area (TPSA) is 93.9 Å². The maximum atomic E-state index is 11.4. The van der Waals surface area contributed by atoms with Crippen molar-refractivity contribution in [3.8, 4) is 28.4 Å². The summed E-state index contributed by atoms with van der Waals surface area (Å²) in [6.45, 7) is 3.77. The van der Waals surface area contributed by atoms with E-state index in [4.69, 9.17) is 10.5 Å². The molecule has 1 amide bonds. The van der Waals surface area contributed by atoms with Gasteiger partial charge in [-0.15, -0.1) is 0 Å². The molecule has 6 heteroatoms. The quantitative estimate of drug-likeness (QED) is 0.554. The highest BCUT2D eigenvalue weighted by molar-refractivity contribution is 5.80. The average Bonchev–Trinajstić information content (AvgIpc) is 3.47. The van der Waals surface area contributed by atoms with Gasteiger partial charge in [0.2, 0.25) is 5.91 Å². The average molecular weight is 405 g/mol. The number of aromatic nitrogens is 3. The lowest BCUT2D eigenvalue weighted by Crippen LogP contribution is -2.36. The lowest BCUT2D eigenvalue weighted by atomic mass is 9.94. The smallest absolute Gasteiger partial charge is 0.226 e. The van der Waals surface area contributed by atoms with Gasteiger partial charge in [-0.3, -0.25) is 9.78 Å². The second kappa shape index (κ2) is 8.30. The number of pyridine rings is 1. The van der Waals surface area contributed by atoms with Gasteiger partial charge in [0.25, 0.3) is 0 Å². The molecule has 1 aromatic carbocycles. The molecule has 6 nitrogen and oxygen atoms in total. The number of aryl methyl sites for hydroxylation is 1. The van der Waals surface area contributed by atoms with Crippen LogP contribution in [0.3, 0.4) is 0 Å². The van der Waals surface area contributed by atoms with Crippen LogP contribution in [0.15, 0.2) is 48.8 Å². The maximum absolute atomic E-state index is 11.4. The van der Waals surface area contributed by atoms with E-state index in [1.54, 1.807) is 13.8 Å². The van der Waals surface area contributed by atoms with Gasteiger partial charge in [-0.2, -0.15) is 0 Å². The van der Waals surface area contributed by atoms with Gasteiger partial charge in [-0.05, 0) is 69.0 Å². The molecule has 2 aromatic heterocycles. The first-order valence-electron chi connectivity index (χ1n) is 10.4. The Kier molecular flexibility index (Phi) is 5.57. The van der Waals surface area contributed by atoms with Crippen molar-refractivity contribution in [3.63, 3.8) is 0 Å². The van der Waals surface area contributed by atoms with Gasteiger partial charge in [0.15, 0.2) is 0 Å². The first kappa shape index (κ1) is 20.1. The first-order chi connectivity index (χ1) is 14.4. The van der Waals surface area contributed by atoms with Crippen LogP contribution in [0, 0.1) is 11.3 Å². The van der Waals surface area contributed by atoms with Crippen LogP contribution in [0.4, 0.5) is 0 Å². The summed E-state index contributed by atoms with van der Waals surface area (Å²) in [7, 11) is 0. The molecule has 1 aliphatic carbocycles. The Morgan fingerprint density at radius 2 is 1.83 bits per heavy atom. The van der Waals surface area contributed by atoms with Crippen LogP contribution in [-0.4, -0.2) is 27.5 Å². The molecular formula is C24H28N4O2. The van der Waals surface area contributed by atoms with Crippen LogP contribution in [0.1, 0.15) is 38.8 Å². The van der Waals surface area contributed by atoms with E-state index in [0.29, 0.717) is 5.75 Å². The number of primary amides is 1. The van der Waals surface area contributed by atoms with Gasteiger partial charge < -0.3 is 15.5 Å². The number of amides is 1. The number of H-pyrrole nitrogens is 1. The number of nitrogens with one attached hydrogen (secondary N) is 1. The number of nitrogens with zero attached hydrogens (tertiary/aromatic N) is 2. The van der Waals surface area contributed by atoms with Crippen molar-refractivity contribution in [2.24, 2.45) is 17.1 Å². The molecule has 30 heavy (non-hydrogen) atoms. The molecule has 2 heterocycles. The van der Waals surface area contributed by atoms with Gasteiger partial charge in [0.05, 0.1) is 11.1 Å². The molecular weight excluding hydrogens is 376 g/mol. The second-order valence-electron chi connectivity index (χ2n) is 8.73. The third-order valence-corrected chi connectivity index (χ3v) is 5.60. The summed E-state index contributed by atoms with van der Waals surface area (Å²) in [6.07, 6.45) is 8.85. The third kappa shape index (κ3) is 4.87. The SMILES string of the molecule is CC(C)(COc1ccc(-c2ccc(-c3ncc(CCC4CC4)[nH]3)cn2)cc1)C(N)=O. The summed E-state index contributed by atoms with van der Waals surface area (Å²) in [4.78, 5) is 23.9. The van der Waals surface area contributed by atoms with Gasteiger partial charge >= 0.3 is 0 Å². The number of nitrogens with two attached hydrogens (primary N) is 1. The van der Waals surface area contributed by atoms with E-state index in [0.717, 1.165) is 35.0 Å². The molecule has 0 atom stereocenters. The van der Waals surface area contributed by atoms with Crippen LogP contribution in [0.25, 0.3) is 22.6 Å². The van der Waals surface area contributed by atoms with Crippen molar-refractivity contribution in [2.45, 2.75) is 39.5 Å². The molecule has 1 saturated carbocycles. The standard InChI is InChI=1S/C24H28N4O2/c1-24(2,23(25)29)15-30-20-10-6-17(7-11-20)21-12-8-18(13-26-21)22-27-14-19(28-22)9-5-16-3-4-16/h6-8,10-14,16H,3-5,9,15H2,1-2H3,(H2,25,29)(H,27,28). The summed E-state index contributed by atoms with van der Waals surface area (Å²) < 4.78 is 5.71. The summed E-state index contributed by atoms with van der Waals surface area (Å²) in [6, 6.07) is 11.7. The third-order valence-electron chi connectivity index (χ3n) is 5.60. The van der Waals surface area contributed by atoms with Crippen molar-refractivity contribution >= 4 is 5.91 Å². The summed E-state index contributed by atoms with van der Waals surface area (Å²) in [5, 5.41) is 0. The van der Waals surface area contributed by atoms with E-state index >= 15 is 0 Å². The molecule has 3 aromatic rings. The number of ether oxygens (including phenoxy) is 1. The minimum atomic E-state index is -0.709. The minimum Gasteiger partial charge on any atom is -0.492 e. The zero-order valence-electron chi connectivity index (χ0n) is 17.5. The lowest BCUT2D eigenvalue weighted by Gasteiger charge is -2.20. The van der Waals surface area contributed by atoms with Gasteiger partial charge in [-0.1, -0.05) is 12.8 Å². The fraction of sp³-hybridized carbons (Fsp3) is 0.375. The number of hydrogen-bond acceptors (Lipinski definition) is 4. The minimum absolute atomic E-state index is 0.237. The van der Waals surface area contributed by atoms with E-state index in [-0.39, 0.29) is 12.5 Å². The predicted molar refractivity (Wildman–Crippen MR) is 117 cm³/mol. The number of benzene rings is 1. The number of rotatable bonds is 9. The van der Waals surface area contributed by atoms with Crippen molar-refractivity contribution in [3.05, 3.63) is 54.5 Å². The fourth-order valence-corrected chi connectivity index (χ4v) is 3.16. The predicted octanol–water partition coefficient (Wildman–Crippen LogP) is 4.37. The van der Waals surface area contributed by atoms with E-state index in [1.807, 2.05) is 48.8 Å². The number of carbonyl (C=O) groups excluding carboxylic acids is 1. The number of imidazole rings is 1. The maximum Gasteiger partial charge on any atom is 0.226 e. The van der Waals surface area contributed by atoms with E-state index in [2.05, 4.69) is 15.0 Å². The lowest BCUT2D eigenvalue weighted by molar-refractivity contribution is -0.127. The van der Waals surface area contributed by atoms with Crippen LogP contribution >= 0.6 is 0 Å². The van der Waals surface area contributed by atoms with Gasteiger partial charge in [0.1, 0.15) is 18.2 Å². The van der Waals surface area contributed by atoms with E-state index in [1.165, 1.54) is 25.0 Å². The summed E-state index contributed by atoms with van der Waals surface area (Å²) in [5.74, 6) is 2.10. The van der Waals surface area contributed by atoms with E-state index in [9.17, 15) is 4.79 Å². The molecule has 3 N–H and O–H groups in total. The van der Waals surface area contributed by atoms with Crippen molar-refractivity contribution in [1.82, 2.24) is 15.0 Å². The molecule has 1 fully saturated rings. The molecule has 4 rings (SSSR count). The van der Waals surface area contributed by atoms with Crippen molar-refractivity contribution in [1.29, 1.82) is 0 Å². The van der Waals surface area contributed by atoms with Crippen LogP contribution in [0.2, 0.25) is 0 Å². The number of aromatic amines is 1. The Balaban J connectivity index is 1.38. The monoisotopic (exact) mass is 404 g/mol. The highest BCUT2D eigenvalue weighted by Crippen LogP contribution is 2.33. The Morgan fingerprint density at radius 1 is 1.10 bits per heavy atom. The van der Waals surface area contributed by atoms with Crippen LogP contribution in [0.5, 0.6) is 5.75 Å². The number of hydrogen-bond donors (Lipinski definition) is 2. The van der Waals surface area contributed by atoms with Crippen molar-refractivity contribution < 1.29 is 9.53 Å². The van der Waals surface area contributed by atoms with Gasteiger partial charge in [-0.25, -0.2) is 4.98 Å². The Hall–Kier alpha value is -3.15. The molecule has 0 bridgehead atoms. The molecule has 0 radical (unpaired) electrons. The second-order valence-corrected chi connectivity index (χ2v) is 8.73. The highest BCUT2D eigenvalue weighted by atomic mass is 16.5. The molecule has 0 saturated heterocycles. The molecule has 0 unspecified atom stereocenters. The first-order valence-corrected chi connectivity index (χ1v) is 10.4. The molecule has 156 valence electrons. The molecule has 0 aliphatic heterocycles. The fourth-order valence-electron chi connectivity index (χ4n) is 3.16. The summed E-state index contributed by atoms with van der Waals surface area (Å²) in [5.41, 5.74) is 8.72. The zero-order chi connectivity index (χ0) is 21.1. The van der Waals surface area contributed by atoms with Crippen molar-refractivity contribution in [2.75, 3.05) is 6.61 Å². The normalized spacial score (nSPS) is 13.9. The molecule has 0 spiro atoms. The summed E-state index contributed by atoms with van der Waals surface area (Å²) >= 11 is 0. The Morgan fingerprint density at radius 3 is 2.47 bits per heavy atom. The highest BCUT2D eigenvalue weighted by Gasteiger charge is 2.26. The zero-order valence-corrected chi connectivity index (χ0v) is 17.5. The van der Waals surface area contributed by atoms with Gasteiger partial charge in [0, 0.05) is 29.2 Å². The number of carbonyl (C=O) groups is 1. The van der Waals surface area contributed by atoms with Crippen LogP contribution in [-0.2, 0) is 11.2 Å².